The van der Waals surface area contributed by atoms with Crippen LogP contribution in [0.3, 0.4) is 0 Å². The van der Waals surface area contributed by atoms with Crippen molar-refractivity contribution in [3.05, 3.63) is 190 Å². The van der Waals surface area contributed by atoms with Crippen molar-refractivity contribution in [1.82, 2.24) is 10.6 Å². The molecule has 7 amide bonds. The number of hydrogen-bond acceptors (Lipinski definition) is 8. The number of urea groups is 2. The lowest BCUT2D eigenvalue weighted by Crippen LogP contribution is -2.34. The third kappa shape index (κ3) is 18.8. The second-order valence-electron chi connectivity index (χ2n) is 14.2. The minimum Gasteiger partial charge on any atom is -0.486 e. The molecule has 0 radical (unpaired) electrons. The van der Waals surface area contributed by atoms with Crippen LogP contribution >= 0.6 is 46.4 Å². The maximum atomic E-state index is 13.3. The summed E-state index contributed by atoms with van der Waals surface area (Å²) in [7, 11) is 0. The number of ether oxygens (including phenoxy) is 3. The van der Waals surface area contributed by atoms with E-state index in [2.05, 4.69) is 55.9 Å². The van der Waals surface area contributed by atoms with Crippen molar-refractivity contribution >= 4 is 87.7 Å². The van der Waals surface area contributed by atoms with Crippen LogP contribution in [0.2, 0.25) is 10.0 Å². The fraction of sp³-hybridized carbons (Fsp3) is 0.163. The highest BCUT2D eigenvalue weighted by Gasteiger charge is 2.40. The number of benzene rings is 6. The van der Waals surface area contributed by atoms with Gasteiger partial charge in [-0.05, 0) is 111 Å². The van der Waals surface area contributed by atoms with Gasteiger partial charge in [-0.2, -0.15) is 8.78 Å². The van der Waals surface area contributed by atoms with Crippen molar-refractivity contribution in [3.8, 4) is 11.5 Å². The number of primary amides is 1. The summed E-state index contributed by atoms with van der Waals surface area (Å²) < 4.78 is 41.4. The number of nitrogens with two attached hydrogens (primary N) is 1. The molecule has 0 aromatic heterocycles. The molecule has 6 aromatic carbocycles. The number of carbonyl (C=O) groups excluding carboxylic acids is 5. The van der Waals surface area contributed by atoms with Crippen molar-refractivity contribution in [1.29, 1.82) is 0 Å². The van der Waals surface area contributed by atoms with E-state index in [0.29, 0.717) is 18.0 Å². The molecule has 1 atom stereocenters. The first-order chi connectivity index (χ1) is 32.4. The highest BCUT2D eigenvalue weighted by molar-refractivity contribution is 6.44. The summed E-state index contributed by atoms with van der Waals surface area (Å²) in [4.78, 5) is 56.2. The first-order valence-electron chi connectivity index (χ1n) is 20.4. The molecule has 6 aromatic rings. The van der Waals surface area contributed by atoms with Crippen molar-refractivity contribution in [3.63, 3.8) is 0 Å². The predicted octanol–water partition coefficient (Wildman–Crippen LogP) is 12.5. The predicted molar refractivity (Wildman–Crippen MR) is 260 cm³/mol. The van der Waals surface area contributed by atoms with Crippen LogP contribution in [-0.2, 0) is 11.2 Å². The highest BCUT2D eigenvalue weighted by atomic mass is 35.5. The number of alkyl halides is 4. The molecule has 1 unspecified atom stereocenters. The number of amides is 7. The second-order valence-corrected chi connectivity index (χ2v) is 16.1. The molecule has 0 aliphatic heterocycles. The van der Waals surface area contributed by atoms with Crippen molar-refractivity contribution < 1.29 is 47.0 Å². The lowest BCUT2D eigenvalue weighted by molar-refractivity contribution is -0.163. The summed E-state index contributed by atoms with van der Waals surface area (Å²) >= 11 is 22.1. The molecular weight excluding hydrogens is 966 g/mol. The van der Waals surface area contributed by atoms with E-state index < -0.39 is 40.9 Å². The Bertz CT molecular complexity index is 2610. The molecule has 0 bridgehead atoms. The number of imide groups is 2. The van der Waals surface area contributed by atoms with E-state index in [9.17, 15) is 32.8 Å². The summed E-state index contributed by atoms with van der Waals surface area (Å²) in [6.07, 6.45) is -2.84. The first-order valence-corrected chi connectivity index (χ1v) is 22.0. The molecule has 356 valence electrons. The number of nitrogens with one attached hydrogen (secondary N) is 4. The minimum absolute atomic E-state index is 0.100. The minimum atomic E-state index is -3.77. The second kappa shape index (κ2) is 27.0. The molecule has 6 N–H and O–H groups in total. The first kappa shape index (κ1) is 53.7. The summed E-state index contributed by atoms with van der Waals surface area (Å²) in [6.45, 7) is 4.42. The zero-order valence-corrected chi connectivity index (χ0v) is 39.3. The Balaban J connectivity index is 0.000000235. The van der Waals surface area contributed by atoms with E-state index in [1.165, 1.54) is 47.5 Å². The van der Waals surface area contributed by atoms with Crippen molar-refractivity contribution in [2.45, 2.75) is 43.7 Å². The Morgan fingerprint density at radius 3 is 1.60 bits per heavy atom. The van der Waals surface area contributed by atoms with Crippen LogP contribution in [0.4, 0.5) is 34.5 Å². The third-order valence-corrected chi connectivity index (χ3v) is 10.1. The van der Waals surface area contributed by atoms with Crippen molar-refractivity contribution in [2.24, 2.45) is 5.73 Å². The highest BCUT2D eigenvalue weighted by Crippen LogP contribution is 2.31. The Morgan fingerprint density at radius 1 is 0.647 bits per heavy atom. The van der Waals surface area contributed by atoms with Gasteiger partial charge in [0.1, 0.15) is 17.6 Å². The van der Waals surface area contributed by atoms with Gasteiger partial charge in [0, 0.05) is 11.4 Å². The number of hydrogen-bond donors (Lipinski definition) is 5. The Hall–Kier alpha value is -6.91. The molecule has 0 fully saturated rings. The van der Waals surface area contributed by atoms with E-state index in [4.69, 9.17) is 56.9 Å². The smallest absolute Gasteiger partial charge is 0.428 e. The number of halogens is 6. The average molecular weight is 1010 g/mol. The molecule has 19 heteroatoms. The maximum absolute atomic E-state index is 13.3. The molecule has 0 saturated carbocycles. The zero-order valence-electron chi connectivity index (χ0n) is 36.3. The topological polar surface area (TPSA) is 187 Å². The van der Waals surface area contributed by atoms with Crippen LogP contribution in [0.5, 0.6) is 11.5 Å². The molecule has 68 heavy (non-hydrogen) atoms. The zero-order chi connectivity index (χ0) is 49.6. The average Bonchev–Trinajstić information content (AvgIpc) is 3.30. The van der Waals surface area contributed by atoms with E-state index in [1.807, 2.05) is 43.3 Å². The quantitative estimate of drug-likeness (QED) is 0.0527. The molecule has 0 aliphatic carbocycles. The number of rotatable bonds is 14. The fourth-order valence-corrected chi connectivity index (χ4v) is 6.23. The van der Waals surface area contributed by atoms with Crippen LogP contribution < -0.4 is 36.5 Å². The molecule has 0 aliphatic rings. The summed E-state index contributed by atoms with van der Waals surface area (Å²) in [5.41, 5.74) is 9.55. The van der Waals surface area contributed by atoms with E-state index in [-0.39, 0.29) is 38.7 Å². The van der Waals surface area contributed by atoms with E-state index in [1.54, 1.807) is 60.7 Å². The monoisotopic (exact) mass is 1010 g/mol. The molecule has 13 nitrogen and oxygen atoms in total. The van der Waals surface area contributed by atoms with Crippen LogP contribution in [-0.4, -0.2) is 47.5 Å². The number of anilines is 2. The van der Waals surface area contributed by atoms with Crippen LogP contribution in [0.25, 0.3) is 0 Å². The number of carbonyl (C=O) groups is 5. The largest absolute Gasteiger partial charge is 0.486 e. The fourth-order valence-electron chi connectivity index (χ4n) is 5.69. The molecule has 0 saturated heterocycles. The van der Waals surface area contributed by atoms with Gasteiger partial charge in [-0.3, -0.25) is 20.2 Å². The van der Waals surface area contributed by atoms with Gasteiger partial charge >= 0.3 is 24.3 Å². The molecule has 6 rings (SSSR count). The summed E-state index contributed by atoms with van der Waals surface area (Å²) in [6, 6.07) is 41.3. The Kier molecular flexibility index (Phi) is 21.4. The number of aryl methyl sites for hydroxylation is 2. The van der Waals surface area contributed by atoms with Crippen LogP contribution in [0.15, 0.2) is 152 Å². The molecule has 0 heterocycles. The van der Waals surface area contributed by atoms with Gasteiger partial charge in [0.05, 0.1) is 27.8 Å². The Morgan fingerprint density at radius 2 is 1.13 bits per heavy atom. The Labute approximate surface area is 411 Å². The van der Waals surface area contributed by atoms with Gasteiger partial charge in [-0.1, -0.05) is 131 Å². The van der Waals surface area contributed by atoms with Gasteiger partial charge < -0.3 is 30.6 Å². The normalized spacial score (nSPS) is 11.0. The summed E-state index contributed by atoms with van der Waals surface area (Å²) in [5, 5.41) is 9.78. The van der Waals surface area contributed by atoms with Crippen LogP contribution in [0.1, 0.15) is 56.9 Å². The van der Waals surface area contributed by atoms with Crippen LogP contribution in [0, 0.1) is 6.92 Å². The lowest BCUT2D eigenvalue weighted by Gasteiger charge is -2.18. The third-order valence-electron chi connectivity index (χ3n) is 8.94. The lowest BCUT2D eigenvalue weighted by atomic mass is 10.1. The summed E-state index contributed by atoms with van der Waals surface area (Å²) in [5.74, 6) is -0.795. The molecule has 0 spiro atoms. The molecular formula is C49H45Cl4F2N5O8. The van der Waals surface area contributed by atoms with Gasteiger partial charge in [0.2, 0.25) is 4.84 Å². The van der Waals surface area contributed by atoms with E-state index in [0.717, 1.165) is 18.4 Å². The van der Waals surface area contributed by atoms with Crippen molar-refractivity contribution in [2.75, 3.05) is 17.2 Å². The SMILES string of the molecule is CC(Oc1ccc(NC(=O)NC(=O)c2ccccc2Cl)cc1)c1ccccc1.Cc1cccc(CCCOC(N)=O)c1.O=C(NC(=O)c1ccccc1Cl)Nc1ccc(OC(F)(F)C(Cl)Cl)cc1. The van der Waals surface area contributed by atoms with Gasteiger partial charge in [-0.15, -0.1) is 0 Å². The van der Waals surface area contributed by atoms with Gasteiger partial charge in [-0.25, -0.2) is 14.4 Å². The van der Waals surface area contributed by atoms with Gasteiger partial charge in [0.25, 0.3) is 11.8 Å². The maximum Gasteiger partial charge on any atom is 0.428 e. The van der Waals surface area contributed by atoms with Gasteiger partial charge in [0.15, 0.2) is 0 Å². The van der Waals surface area contributed by atoms with E-state index >= 15 is 0 Å². The standard InChI is InChI=1S/C22H19ClN2O3.C16H11Cl3F2N2O3.C11H15NO2/c1-15(16-7-3-2-4-8-16)28-18-13-11-17(12-14-18)24-22(27)25-21(26)19-9-5-6-10-20(19)23;17-12-4-2-1-3-11(12)13(24)23-15(25)22-9-5-7-10(8-6-9)26-16(20,21)14(18)19;1-9-4-2-5-10(8-9)6-3-7-14-11(12)13/h2-15H,1H3,(H2,24,25,26,27);1-8,14H,(H2,22,23,24,25);2,4-5,8H,3,6-7H2,1H3,(H2,12,13).